The number of nitrogens with zero attached hydrogens (tertiary/aromatic N) is 1. The fraction of sp³-hybridized carbons (Fsp3) is 0.385. The summed E-state index contributed by atoms with van der Waals surface area (Å²) in [5, 5.41) is 5.62. The van der Waals surface area contributed by atoms with Crippen molar-refractivity contribution >= 4 is 41.5 Å². The van der Waals surface area contributed by atoms with Crippen molar-refractivity contribution in [1.29, 1.82) is 0 Å². The van der Waals surface area contributed by atoms with E-state index in [1.165, 1.54) is 0 Å². The summed E-state index contributed by atoms with van der Waals surface area (Å²) in [7, 11) is 1.59. The minimum Gasteiger partial charge on any atom is -0.497 e. The third-order valence-corrected chi connectivity index (χ3v) is 2.18. The van der Waals surface area contributed by atoms with Gasteiger partial charge in [-0.1, -0.05) is 6.07 Å². The minimum atomic E-state index is -0.162. The Labute approximate surface area is 136 Å². The Balaban J connectivity index is 0.00000361. The number of rotatable bonds is 5. The van der Waals surface area contributed by atoms with Gasteiger partial charge in [0.2, 0.25) is 5.91 Å². The number of anilines is 1. The highest BCUT2D eigenvalue weighted by atomic mass is 127. The van der Waals surface area contributed by atoms with Gasteiger partial charge in [-0.15, -0.1) is 24.0 Å². The maximum atomic E-state index is 11.4. The van der Waals surface area contributed by atoms with Crippen LogP contribution >= 0.6 is 24.0 Å². The predicted molar refractivity (Wildman–Crippen MR) is 91.8 cm³/mol. The third-order valence-electron chi connectivity index (χ3n) is 2.18. The molecule has 20 heavy (non-hydrogen) atoms. The molecule has 0 aliphatic carbocycles. The summed E-state index contributed by atoms with van der Waals surface area (Å²) in [5.74, 6) is 0.743. The van der Waals surface area contributed by atoms with Crippen LogP contribution in [0.4, 0.5) is 5.69 Å². The number of carbonyl (C=O) groups excluding carboxylic acids is 1. The summed E-state index contributed by atoms with van der Waals surface area (Å²) < 4.78 is 5.09. The Morgan fingerprint density at radius 1 is 1.45 bits per heavy atom. The molecule has 0 saturated heterocycles. The first kappa shape index (κ1) is 18.5. The number of ether oxygens (including phenoxy) is 1. The van der Waals surface area contributed by atoms with Crippen LogP contribution < -0.4 is 21.1 Å². The minimum absolute atomic E-state index is 0. The second kappa shape index (κ2) is 9.40. The molecule has 0 bridgehead atoms. The van der Waals surface area contributed by atoms with Crippen LogP contribution in [0, 0.1) is 0 Å². The average molecular weight is 392 g/mol. The van der Waals surface area contributed by atoms with Gasteiger partial charge in [-0.25, -0.2) is 4.99 Å². The van der Waals surface area contributed by atoms with E-state index in [2.05, 4.69) is 15.6 Å². The second-order valence-corrected chi connectivity index (χ2v) is 4.28. The molecule has 0 fully saturated rings. The molecule has 0 radical (unpaired) electrons. The molecule has 0 aliphatic rings. The number of amides is 1. The number of nitrogens with two attached hydrogens (primary N) is 1. The Bertz CT molecular complexity index is 463. The Kier molecular flexibility index (Phi) is 8.69. The van der Waals surface area contributed by atoms with Crippen molar-refractivity contribution < 1.29 is 9.53 Å². The molecule has 0 atom stereocenters. The number of nitrogens with one attached hydrogen (secondary N) is 2. The van der Waals surface area contributed by atoms with Crippen molar-refractivity contribution in [3.63, 3.8) is 0 Å². The van der Waals surface area contributed by atoms with Gasteiger partial charge in [-0.05, 0) is 26.0 Å². The summed E-state index contributed by atoms with van der Waals surface area (Å²) >= 11 is 0. The Morgan fingerprint density at radius 3 is 2.75 bits per heavy atom. The van der Waals surface area contributed by atoms with Crippen LogP contribution in [-0.2, 0) is 4.79 Å². The van der Waals surface area contributed by atoms with E-state index >= 15 is 0 Å². The van der Waals surface area contributed by atoms with E-state index < -0.39 is 0 Å². The van der Waals surface area contributed by atoms with Crippen LogP contribution in [0.25, 0.3) is 0 Å². The molecule has 1 amide bonds. The first-order valence-corrected chi connectivity index (χ1v) is 6.01. The molecule has 0 spiro atoms. The highest BCUT2D eigenvalue weighted by Crippen LogP contribution is 2.16. The van der Waals surface area contributed by atoms with Gasteiger partial charge in [-0.3, -0.25) is 4.79 Å². The molecule has 0 aliphatic heterocycles. The largest absolute Gasteiger partial charge is 0.497 e. The molecule has 0 unspecified atom stereocenters. The molecule has 0 saturated carbocycles. The normalized spacial score (nSPS) is 10.7. The van der Waals surface area contributed by atoms with Crippen LogP contribution in [0.15, 0.2) is 29.3 Å². The van der Waals surface area contributed by atoms with Crippen LogP contribution in [-0.4, -0.2) is 31.6 Å². The van der Waals surface area contributed by atoms with Gasteiger partial charge in [0.05, 0.1) is 7.11 Å². The quantitative estimate of drug-likeness (QED) is 0.403. The fourth-order valence-corrected chi connectivity index (χ4v) is 1.41. The van der Waals surface area contributed by atoms with E-state index in [-0.39, 0.29) is 48.4 Å². The summed E-state index contributed by atoms with van der Waals surface area (Å²) in [4.78, 5) is 15.3. The first-order valence-electron chi connectivity index (χ1n) is 6.01. The van der Waals surface area contributed by atoms with Gasteiger partial charge in [0.1, 0.15) is 12.3 Å². The SMILES string of the molecule is COc1cccc(NC(N)=NCC(=O)NC(C)C)c1.I. The molecule has 6 nitrogen and oxygen atoms in total. The van der Waals surface area contributed by atoms with Crippen molar-refractivity contribution in [3.8, 4) is 5.75 Å². The number of aliphatic imine (C=N–C) groups is 1. The third kappa shape index (κ3) is 7.17. The molecule has 7 heteroatoms. The fourth-order valence-electron chi connectivity index (χ4n) is 1.41. The molecule has 1 rings (SSSR count). The summed E-state index contributed by atoms with van der Waals surface area (Å²) in [5.41, 5.74) is 6.45. The highest BCUT2D eigenvalue weighted by molar-refractivity contribution is 14.0. The van der Waals surface area contributed by atoms with E-state index in [4.69, 9.17) is 10.5 Å². The number of benzene rings is 1. The van der Waals surface area contributed by atoms with E-state index in [1.807, 2.05) is 32.0 Å². The lowest BCUT2D eigenvalue weighted by Gasteiger charge is -2.08. The van der Waals surface area contributed by atoms with Gasteiger partial charge in [0.15, 0.2) is 5.96 Å². The van der Waals surface area contributed by atoms with Gasteiger partial charge < -0.3 is 21.1 Å². The zero-order valence-corrected chi connectivity index (χ0v) is 14.2. The van der Waals surface area contributed by atoms with Gasteiger partial charge >= 0.3 is 0 Å². The molecule has 0 aromatic heterocycles. The van der Waals surface area contributed by atoms with Gasteiger partial charge in [0, 0.05) is 17.8 Å². The van der Waals surface area contributed by atoms with Crippen LogP contribution in [0.1, 0.15) is 13.8 Å². The summed E-state index contributed by atoms with van der Waals surface area (Å²) in [6.07, 6.45) is 0. The lowest BCUT2D eigenvalue weighted by Crippen LogP contribution is -2.33. The lowest BCUT2D eigenvalue weighted by molar-refractivity contribution is -0.120. The maximum absolute atomic E-state index is 11.4. The van der Waals surface area contributed by atoms with Gasteiger partial charge in [0.25, 0.3) is 0 Å². The molecular formula is C13H21IN4O2. The van der Waals surface area contributed by atoms with Crippen molar-refractivity contribution in [3.05, 3.63) is 24.3 Å². The smallest absolute Gasteiger partial charge is 0.242 e. The standard InChI is InChI=1S/C13H20N4O2.HI/c1-9(2)16-12(18)8-15-13(14)17-10-5-4-6-11(7-10)19-3;/h4-7,9H,8H2,1-3H3,(H,16,18)(H3,14,15,17);1H. The molecular weight excluding hydrogens is 371 g/mol. The van der Waals surface area contributed by atoms with Crippen molar-refractivity contribution in [2.45, 2.75) is 19.9 Å². The molecule has 1 aromatic carbocycles. The van der Waals surface area contributed by atoms with Crippen LogP contribution in [0.5, 0.6) is 5.75 Å². The average Bonchev–Trinajstić information content (AvgIpc) is 2.36. The second-order valence-electron chi connectivity index (χ2n) is 4.28. The predicted octanol–water partition coefficient (Wildman–Crippen LogP) is 1.56. The topological polar surface area (TPSA) is 88.7 Å². The Morgan fingerprint density at radius 2 is 2.15 bits per heavy atom. The lowest BCUT2D eigenvalue weighted by atomic mass is 10.3. The Hall–Kier alpha value is -1.51. The molecule has 4 N–H and O–H groups in total. The molecule has 1 aromatic rings. The van der Waals surface area contributed by atoms with Crippen LogP contribution in [0.3, 0.4) is 0 Å². The number of methoxy groups -OCH3 is 1. The molecule has 112 valence electrons. The maximum Gasteiger partial charge on any atom is 0.242 e. The van der Waals surface area contributed by atoms with E-state index in [0.717, 1.165) is 11.4 Å². The number of halogens is 1. The van der Waals surface area contributed by atoms with Crippen molar-refractivity contribution in [2.75, 3.05) is 19.0 Å². The van der Waals surface area contributed by atoms with Crippen molar-refractivity contribution in [1.82, 2.24) is 5.32 Å². The van der Waals surface area contributed by atoms with Crippen LogP contribution in [0.2, 0.25) is 0 Å². The summed E-state index contributed by atoms with van der Waals surface area (Å²) in [6.45, 7) is 3.78. The summed E-state index contributed by atoms with van der Waals surface area (Å²) in [6, 6.07) is 7.37. The number of hydrogen-bond donors (Lipinski definition) is 3. The van der Waals surface area contributed by atoms with E-state index in [9.17, 15) is 4.79 Å². The van der Waals surface area contributed by atoms with Crippen molar-refractivity contribution in [2.24, 2.45) is 10.7 Å². The monoisotopic (exact) mass is 392 g/mol. The van der Waals surface area contributed by atoms with Gasteiger partial charge in [-0.2, -0.15) is 0 Å². The number of guanidine groups is 1. The zero-order chi connectivity index (χ0) is 14.3. The van der Waals surface area contributed by atoms with E-state index in [0.29, 0.717) is 0 Å². The highest BCUT2D eigenvalue weighted by Gasteiger charge is 2.02. The molecule has 0 heterocycles. The zero-order valence-electron chi connectivity index (χ0n) is 11.8. The number of carbonyl (C=O) groups is 1. The van der Waals surface area contributed by atoms with E-state index in [1.54, 1.807) is 13.2 Å². The first-order chi connectivity index (χ1) is 9.01. The number of hydrogen-bond acceptors (Lipinski definition) is 3.